The summed E-state index contributed by atoms with van der Waals surface area (Å²) in [6.45, 7) is 8.15. The van der Waals surface area contributed by atoms with Gasteiger partial charge in [0.25, 0.3) is 0 Å². The van der Waals surface area contributed by atoms with Gasteiger partial charge in [-0.25, -0.2) is 0 Å². The van der Waals surface area contributed by atoms with Gasteiger partial charge in [-0.05, 0) is 57.1 Å². The molecule has 0 aromatic rings. The third kappa shape index (κ3) is 5.56. The standard InChI is InChI=1S/C31H44O8/c1-18-6-5-7-23-17-36-28-27(33)20(3)13-26(31(23,28)35)29(34)37-25-14-24(9-8-19(2)12-18)39-30(15-25)11-10-22(16-32)21(4)38-30/h5-8,13,18,21-22,24-28,32-33,35H,9-12,14-17H2,1-4H3/b6-5+,19-8+,23-7+/t18-,21+,22+,24+,25-,26?,27+,28+,30-,31+/m0/s1. The lowest BCUT2D eigenvalue weighted by Gasteiger charge is -2.49. The molecule has 0 aromatic heterocycles. The van der Waals surface area contributed by atoms with Crippen LogP contribution in [0.2, 0.25) is 0 Å². The molecule has 1 unspecified atom stereocenters. The molecule has 0 aromatic carbocycles. The third-order valence-electron chi connectivity index (χ3n) is 9.31. The molecule has 8 heteroatoms. The van der Waals surface area contributed by atoms with E-state index in [1.165, 1.54) is 5.57 Å². The van der Waals surface area contributed by atoms with E-state index in [0.29, 0.717) is 36.8 Å². The molecule has 3 saturated heterocycles. The van der Waals surface area contributed by atoms with E-state index in [0.717, 1.165) is 12.8 Å². The Kier molecular flexibility index (Phi) is 8.26. The topological polar surface area (TPSA) is 115 Å². The van der Waals surface area contributed by atoms with Gasteiger partial charge in [-0.2, -0.15) is 0 Å². The Morgan fingerprint density at radius 1 is 1.15 bits per heavy atom. The number of ether oxygens (including phenoxy) is 4. The minimum Gasteiger partial charge on any atom is -0.462 e. The largest absolute Gasteiger partial charge is 0.462 e. The molecule has 1 aliphatic carbocycles. The van der Waals surface area contributed by atoms with E-state index in [-0.39, 0.29) is 37.3 Å². The molecule has 0 saturated carbocycles. The number of allylic oxidation sites excluding steroid dienone is 4. The average molecular weight is 545 g/mol. The lowest BCUT2D eigenvalue weighted by Crippen LogP contribution is -2.58. The van der Waals surface area contributed by atoms with Crippen LogP contribution in [0.25, 0.3) is 0 Å². The zero-order valence-corrected chi connectivity index (χ0v) is 23.5. The summed E-state index contributed by atoms with van der Waals surface area (Å²) in [5.41, 5.74) is 0.679. The van der Waals surface area contributed by atoms with Crippen LogP contribution in [0.5, 0.6) is 0 Å². The van der Waals surface area contributed by atoms with Crippen LogP contribution in [0.3, 0.4) is 0 Å². The molecular weight excluding hydrogens is 500 g/mol. The molecule has 4 heterocycles. The first-order valence-corrected chi connectivity index (χ1v) is 14.5. The molecule has 5 aliphatic rings. The SMILES string of the molecule is CC1=CC2C(=O)O[C@H]3C[C@@H](C/C=C(\C)C[C@@H](C)/C=C/C=C4\CO[C@H]([C@@H]1O)[C@@]42O)O[C@@]1(CC[C@H](CO)[C@@H](C)O1)C3. The van der Waals surface area contributed by atoms with Crippen LogP contribution >= 0.6 is 0 Å². The molecule has 5 rings (SSSR count). The highest BCUT2D eigenvalue weighted by Crippen LogP contribution is 2.47. The van der Waals surface area contributed by atoms with Crippen molar-refractivity contribution in [2.45, 2.75) is 108 Å². The summed E-state index contributed by atoms with van der Waals surface area (Å²) < 4.78 is 25.0. The molecule has 0 amide bonds. The lowest BCUT2D eigenvalue weighted by atomic mass is 9.71. The van der Waals surface area contributed by atoms with Crippen molar-refractivity contribution in [3.05, 3.63) is 47.1 Å². The summed E-state index contributed by atoms with van der Waals surface area (Å²) in [6, 6.07) is 0. The molecular formula is C31H44O8. The predicted molar refractivity (Wildman–Crippen MR) is 144 cm³/mol. The van der Waals surface area contributed by atoms with Gasteiger partial charge < -0.3 is 34.3 Å². The Balaban J connectivity index is 1.50. The minimum absolute atomic E-state index is 0.0448. The Bertz CT molecular complexity index is 1060. The van der Waals surface area contributed by atoms with Crippen LogP contribution < -0.4 is 0 Å². The number of fused-ring (bicyclic) bond motifs is 2. The first kappa shape index (κ1) is 28.7. The molecule has 4 aliphatic heterocycles. The zero-order valence-electron chi connectivity index (χ0n) is 23.5. The molecule has 10 atom stereocenters. The van der Waals surface area contributed by atoms with E-state index in [2.05, 4.69) is 26.0 Å². The zero-order chi connectivity index (χ0) is 27.9. The number of hydrogen-bond donors (Lipinski definition) is 3. The van der Waals surface area contributed by atoms with Gasteiger partial charge in [0.15, 0.2) is 5.79 Å². The van der Waals surface area contributed by atoms with Gasteiger partial charge in [0, 0.05) is 31.8 Å². The van der Waals surface area contributed by atoms with Crippen molar-refractivity contribution >= 4 is 5.97 Å². The van der Waals surface area contributed by atoms with Crippen LogP contribution in [-0.2, 0) is 23.7 Å². The molecule has 216 valence electrons. The highest BCUT2D eigenvalue weighted by molar-refractivity contribution is 5.78. The van der Waals surface area contributed by atoms with Gasteiger partial charge in [-0.3, -0.25) is 4.79 Å². The summed E-state index contributed by atoms with van der Waals surface area (Å²) in [6.07, 6.45) is 10.7. The van der Waals surface area contributed by atoms with Crippen LogP contribution in [0.1, 0.15) is 66.2 Å². The monoisotopic (exact) mass is 544 g/mol. The summed E-state index contributed by atoms with van der Waals surface area (Å²) in [7, 11) is 0. The number of esters is 1. The Labute approximate surface area is 231 Å². The van der Waals surface area contributed by atoms with Crippen molar-refractivity contribution < 1.29 is 39.1 Å². The number of carbonyl (C=O) groups excluding carboxylic acids is 1. The van der Waals surface area contributed by atoms with E-state index >= 15 is 0 Å². The highest BCUT2D eigenvalue weighted by Gasteiger charge is 2.60. The van der Waals surface area contributed by atoms with Gasteiger partial charge in [-0.15, -0.1) is 0 Å². The normalized spacial score (nSPS) is 48.7. The molecule has 1 spiro atoms. The maximum Gasteiger partial charge on any atom is 0.316 e. The predicted octanol–water partition coefficient (Wildman–Crippen LogP) is 3.51. The maximum atomic E-state index is 13.8. The van der Waals surface area contributed by atoms with Crippen molar-refractivity contribution in [1.29, 1.82) is 0 Å². The summed E-state index contributed by atoms with van der Waals surface area (Å²) in [5, 5.41) is 32.6. The van der Waals surface area contributed by atoms with Crippen LogP contribution in [0.15, 0.2) is 47.1 Å². The van der Waals surface area contributed by atoms with Crippen molar-refractivity contribution in [2.75, 3.05) is 13.2 Å². The summed E-state index contributed by atoms with van der Waals surface area (Å²) in [5.74, 6) is -2.13. The second-order valence-corrected chi connectivity index (χ2v) is 12.4. The number of rotatable bonds is 1. The third-order valence-corrected chi connectivity index (χ3v) is 9.31. The average Bonchev–Trinajstić information content (AvgIpc) is 3.21. The number of carbonyl (C=O) groups is 1. The second kappa shape index (κ2) is 11.2. The van der Waals surface area contributed by atoms with E-state index < -0.39 is 41.6 Å². The van der Waals surface area contributed by atoms with Gasteiger partial charge in [0.1, 0.15) is 29.8 Å². The van der Waals surface area contributed by atoms with Crippen molar-refractivity contribution in [3.8, 4) is 0 Å². The lowest BCUT2D eigenvalue weighted by molar-refractivity contribution is -0.334. The van der Waals surface area contributed by atoms with Crippen LogP contribution in [0.4, 0.5) is 0 Å². The van der Waals surface area contributed by atoms with Crippen LogP contribution in [0, 0.1) is 17.8 Å². The molecule has 3 fully saturated rings. The van der Waals surface area contributed by atoms with E-state index in [1.54, 1.807) is 13.0 Å². The summed E-state index contributed by atoms with van der Waals surface area (Å²) in [4.78, 5) is 13.8. The van der Waals surface area contributed by atoms with Gasteiger partial charge in [0.05, 0.1) is 18.8 Å². The quantitative estimate of drug-likeness (QED) is 0.340. The Morgan fingerprint density at radius 2 is 1.95 bits per heavy atom. The number of aliphatic hydroxyl groups is 3. The van der Waals surface area contributed by atoms with Crippen molar-refractivity contribution in [2.24, 2.45) is 17.8 Å². The smallest absolute Gasteiger partial charge is 0.316 e. The van der Waals surface area contributed by atoms with Gasteiger partial charge >= 0.3 is 5.97 Å². The first-order chi connectivity index (χ1) is 18.5. The fraction of sp³-hybridized carbons (Fsp3) is 0.710. The Hall–Kier alpha value is -1.81. The fourth-order valence-electron chi connectivity index (χ4n) is 7.03. The van der Waals surface area contributed by atoms with Crippen molar-refractivity contribution in [3.63, 3.8) is 0 Å². The summed E-state index contributed by atoms with van der Waals surface area (Å²) >= 11 is 0. The van der Waals surface area contributed by atoms with E-state index in [1.807, 2.05) is 19.1 Å². The molecule has 39 heavy (non-hydrogen) atoms. The van der Waals surface area contributed by atoms with E-state index in [9.17, 15) is 20.1 Å². The number of aliphatic hydroxyl groups excluding tert-OH is 2. The molecule has 0 radical (unpaired) electrons. The van der Waals surface area contributed by atoms with Crippen molar-refractivity contribution in [1.82, 2.24) is 0 Å². The highest BCUT2D eigenvalue weighted by atomic mass is 16.7. The second-order valence-electron chi connectivity index (χ2n) is 12.4. The molecule has 8 nitrogen and oxygen atoms in total. The van der Waals surface area contributed by atoms with E-state index in [4.69, 9.17) is 18.9 Å². The number of hydrogen-bond acceptors (Lipinski definition) is 8. The molecule has 3 N–H and O–H groups in total. The minimum atomic E-state index is -1.71. The van der Waals surface area contributed by atoms with Gasteiger partial charge in [-0.1, -0.05) is 42.9 Å². The fourth-order valence-corrected chi connectivity index (χ4v) is 7.03. The Morgan fingerprint density at radius 3 is 2.69 bits per heavy atom. The van der Waals surface area contributed by atoms with Gasteiger partial charge in [0.2, 0.25) is 0 Å². The maximum absolute atomic E-state index is 13.8. The first-order valence-electron chi connectivity index (χ1n) is 14.5. The van der Waals surface area contributed by atoms with Crippen LogP contribution in [-0.4, -0.2) is 76.4 Å². The molecule has 2 bridgehead atoms.